The summed E-state index contributed by atoms with van der Waals surface area (Å²) in [5.41, 5.74) is 0.732. The molecule has 5 heteroatoms. The molecule has 0 saturated carbocycles. The highest BCUT2D eigenvalue weighted by Gasteiger charge is 2.11. The number of nitrogens with zero attached hydrogens (tertiary/aromatic N) is 1. The van der Waals surface area contributed by atoms with E-state index in [1.165, 1.54) is 6.07 Å². The van der Waals surface area contributed by atoms with Gasteiger partial charge in [-0.1, -0.05) is 6.07 Å². The van der Waals surface area contributed by atoms with Gasteiger partial charge in [0.15, 0.2) is 11.6 Å². The highest BCUT2D eigenvalue weighted by molar-refractivity contribution is 5.34. The number of hydrogen-bond acceptors (Lipinski definition) is 3. The lowest BCUT2D eigenvalue weighted by Gasteiger charge is -2.13. The summed E-state index contributed by atoms with van der Waals surface area (Å²) < 4.78 is 31.1. The zero-order valence-corrected chi connectivity index (χ0v) is 10.4. The van der Waals surface area contributed by atoms with Crippen molar-refractivity contribution in [1.29, 1.82) is 5.26 Å². The molecular weight excluding hydrogens is 264 g/mol. The maximum absolute atomic E-state index is 13.0. The number of benzene rings is 2. The van der Waals surface area contributed by atoms with Gasteiger partial charge >= 0.3 is 0 Å². The number of nitriles is 1. The molecule has 0 fully saturated rings. The number of halogens is 2. The minimum absolute atomic E-state index is 0.100. The van der Waals surface area contributed by atoms with E-state index in [-0.39, 0.29) is 12.2 Å². The molecule has 0 aliphatic heterocycles. The summed E-state index contributed by atoms with van der Waals surface area (Å²) in [4.78, 5) is 0. The highest BCUT2D eigenvalue weighted by Crippen LogP contribution is 2.18. The largest absolute Gasteiger partial charge is 0.491 e. The molecule has 1 unspecified atom stereocenters. The Morgan fingerprint density at radius 3 is 2.40 bits per heavy atom. The maximum atomic E-state index is 13.0. The molecule has 0 aromatic heterocycles. The van der Waals surface area contributed by atoms with Crippen LogP contribution in [0.4, 0.5) is 8.78 Å². The van der Waals surface area contributed by atoms with E-state index in [1.807, 2.05) is 6.07 Å². The van der Waals surface area contributed by atoms with Crippen molar-refractivity contribution >= 4 is 0 Å². The molecule has 2 rings (SSSR count). The van der Waals surface area contributed by atoms with Crippen LogP contribution in [0.15, 0.2) is 42.5 Å². The summed E-state index contributed by atoms with van der Waals surface area (Å²) >= 11 is 0. The number of hydrogen-bond donors (Lipinski definition) is 1. The summed E-state index contributed by atoms with van der Waals surface area (Å²) in [5, 5.41) is 18.5. The minimum Gasteiger partial charge on any atom is -0.491 e. The van der Waals surface area contributed by atoms with Crippen molar-refractivity contribution in [3.8, 4) is 11.8 Å². The standard InChI is InChI=1S/C15H11F2NO2/c16-13-6-3-11(7-14(13)17)15(19)9-20-12-4-1-10(8-18)2-5-12/h1-7,15,19H,9H2. The van der Waals surface area contributed by atoms with Crippen LogP contribution in [-0.2, 0) is 0 Å². The van der Waals surface area contributed by atoms with Gasteiger partial charge in [0.2, 0.25) is 0 Å². The Bertz CT molecular complexity index is 635. The van der Waals surface area contributed by atoms with Crippen LogP contribution in [0.25, 0.3) is 0 Å². The second-order valence-electron chi connectivity index (χ2n) is 4.14. The Morgan fingerprint density at radius 2 is 1.80 bits per heavy atom. The average molecular weight is 275 g/mol. The molecule has 2 aromatic rings. The Hall–Kier alpha value is -2.45. The monoisotopic (exact) mass is 275 g/mol. The van der Waals surface area contributed by atoms with Gasteiger partial charge in [0.1, 0.15) is 18.5 Å². The predicted octanol–water partition coefficient (Wildman–Crippen LogP) is 2.95. The zero-order valence-electron chi connectivity index (χ0n) is 10.4. The molecule has 0 aliphatic rings. The maximum Gasteiger partial charge on any atom is 0.159 e. The Labute approximate surface area is 114 Å². The van der Waals surface area contributed by atoms with Crippen molar-refractivity contribution in [2.24, 2.45) is 0 Å². The van der Waals surface area contributed by atoms with Crippen LogP contribution < -0.4 is 4.74 Å². The van der Waals surface area contributed by atoms with E-state index in [2.05, 4.69) is 0 Å². The van der Waals surface area contributed by atoms with Crippen LogP contribution in [0.5, 0.6) is 5.75 Å². The third-order valence-electron chi connectivity index (χ3n) is 2.72. The quantitative estimate of drug-likeness (QED) is 0.933. The molecule has 0 aliphatic carbocycles. The molecule has 3 nitrogen and oxygen atoms in total. The molecular formula is C15H11F2NO2. The molecule has 1 atom stereocenters. The molecule has 0 spiro atoms. The van der Waals surface area contributed by atoms with Crippen LogP contribution in [0.3, 0.4) is 0 Å². The van der Waals surface area contributed by atoms with E-state index in [1.54, 1.807) is 24.3 Å². The van der Waals surface area contributed by atoms with E-state index in [0.29, 0.717) is 11.3 Å². The SMILES string of the molecule is N#Cc1ccc(OCC(O)c2ccc(F)c(F)c2)cc1. The molecule has 0 amide bonds. The fourth-order valence-corrected chi connectivity index (χ4v) is 1.62. The first kappa shape index (κ1) is 14.0. The van der Waals surface area contributed by atoms with E-state index >= 15 is 0 Å². The van der Waals surface area contributed by atoms with Gasteiger partial charge in [0.05, 0.1) is 11.6 Å². The van der Waals surface area contributed by atoms with Crippen LogP contribution >= 0.6 is 0 Å². The topological polar surface area (TPSA) is 53.2 Å². The van der Waals surface area contributed by atoms with Crippen molar-refractivity contribution in [3.63, 3.8) is 0 Å². The lowest BCUT2D eigenvalue weighted by Crippen LogP contribution is -2.10. The Morgan fingerprint density at radius 1 is 1.10 bits per heavy atom. The van der Waals surface area contributed by atoms with Crippen molar-refractivity contribution in [2.45, 2.75) is 6.10 Å². The predicted molar refractivity (Wildman–Crippen MR) is 68.0 cm³/mol. The van der Waals surface area contributed by atoms with Gasteiger partial charge < -0.3 is 9.84 Å². The van der Waals surface area contributed by atoms with Crippen molar-refractivity contribution < 1.29 is 18.6 Å². The van der Waals surface area contributed by atoms with Gasteiger partial charge in [-0.2, -0.15) is 5.26 Å². The van der Waals surface area contributed by atoms with Crippen LogP contribution in [0.2, 0.25) is 0 Å². The fourth-order valence-electron chi connectivity index (χ4n) is 1.62. The second-order valence-corrected chi connectivity index (χ2v) is 4.14. The Kier molecular flexibility index (Phi) is 4.28. The second kappa shape index (κ2) is 6.13. The first-order valence-electron chi connectivity index (χ1n) is 5.86. The van der Waals surface area contributed by atoms with E-state index in [4.69, 9.17) is 10.00 Å². The first-order valence-corrected chi connectivity index (χ1v) is 5.86. The lowest BCUT2D eigenvalue weighted by molar-refractivity contribution is 0.108. The molecule has 0 saturated heterocycles. The molecule has 102 valence electrons. The summed E-state index contributed by atoms with van der Waals surface area (Å²) in [7, 11) is 0. The molecule has 1 N–H and O–H groups in total. The molecule has 0 bridgehead atoms. The third kappa shape index (κ3) is 3.31. The van der Waals surface area contributed by atoms with Crippen molar-refractivity contribution in [2.75, 3.05) is 6.61 Å². The lowest BCUT2D eigenvalue weighted by atomic mass is 10.1. The summed E-state index contributed by atoms with van der Waals surface area (Å²) in [6, 6.07) is 11.5. The van der Waals surface area contributed by atoms with Crippen LogP contribution in [0, 0.1) is 23.0 Å². The number of aliphatic hydroxyl groups excluding tert-OH is 1. The van der Waals surface area contributed by atoms with Gasteiger partial charge in [-0.3, -0.25) is 0 Å². The van der Waals surface area contributed by atoms with Crippen molar-refractivity contribution in [3.05, 3.63) is 65.2 Å². The summed E-state index contributed by atoms with van der Waals surface area (Å²) in [6.07, 6.45) is -1.07. The summed E-state index contributed by atoms with van der Waals surface area (Å²) in [6.45, 7) is -0.100. The molecule has 20 heavy (non-hydrogen) atoms. The third-order valence-corrected chi connectivity index (χ3v) is 2.72. The van der Waals surface area contributed by atoms with Gasteiger partial charge in [-0.15, -0.1) is 0 Å². The smallest absolute Gasteiger partial charge is 0.159 e. The van der Waals surface area contributed by atoms with Crippen LogP contribution in [0.1, 0.15) is 17.2 Å². The van der Waals surface area contributed by atoms with Crippen molar-refractivity contribution in [1.82, 2.24) is 0 Å². The molecule has 0 radical (unpaired) electrons. The fraction of sp³-hybridized carbons (Fsp3) is 0.133. The molecule has 0 heterocycles. The van der Waals surface area contributed by atoms with Gasteiger partial charge in [0.25, 0.3) is 0 Å². The summed E-state index contributed by atoms with van der Waals surface area (Å²) in [5.74, 6) is -1.50. The number of ether oxygens (including phenoxy) is 1. The minimum atomic E-state index is -1.07. The average Bonchev–Trinajstić information content (AvgIpc) is 2.48. The van der Waals surface area contributed by atoms with E-state index in [0.717, 1.165) is 12.1 Å². The normalized spacial score (nSPS) is 11.7. The van der Waals surface area contributed by atoms with Gasteiger partial charge in [0, 0.05) is 0 Å². The van der Waals surface area contributed by atoms with Gasteiger partial charge in [-0.25, -0.2) is 8.78 Å². The van der Waals surface area contributed by atoms with Gasteiger partial charge in [-0.05, 0) is 42.0 Å². The number of aliphatic hydroxyl groups is 1. The van der Waals surface area contributed by atoms with Crippen LogP contribution in [-0.4, -0.2) is 11.7 Å². The number of rotatable bonds is 4. The Balaban J connectivity index is 1.99. The zero-order chi connectivity index (χ0) is 14.5. The first-order chi connectivity index (χ1) is 9.60. The molecule has 2 aromatic carbocycles. The van der Waals surface area contributed by atoms with E-state index < -0.39 is 17.7 Å². The van der Waals surface area contributed by atoms with E-state index in [9.17, 15) is 13.9 Å². The highest BCUT2D eigenvalue weighted by atomic mass is 19.2.